The van der Waals surface area contributed by atoms with Gasteiger partial charge in [-0.15, -0.1) is 12.4 Å². The fourth-order valence-corrected chi connectivity index (χ4v) is 3.37. The first-order valence-electron chi connectivity index (χ1n) is 7.87. The van der Waals surface area contributed by atoms with E-state index in [1.807, 2.05) is 30.3 Å². The van der Waals surface area contributed by atoms with Crippen molar-refractivity contribution in [1.29, 1.82) is 0 Å². The smallest absolute Gasteiger partial charge is 0.182 e. The topological polar surface area (TPSA) is 38.8 Å². The van der Waals surface area contributed by atoms with Crippen LogP contribution in [0.25, 0.3) is 0 Å². The largest absolute Gasteiger partial charge is 0.349 e. The van der Waals surface area contributed by atoms with Gasteiger partial charge in [-0.2, -0.15) is 0 Å². The Hall–Kier alpha value is -0.940. The number of benzene rings is 1. The van der Waals surface area contributed by atoms with Gasteiger partial charge in [0.1, 0.15) is 18.9 Å². The lowest BCUT2D eigenvalue weighted by Crippen LogP contribution is -2.51. The van der Waals surface area contributed by atoms with Gasteiger partial charge in [-0.1, -0.05) is 37.3 Å². The Morgan fingerprint density at radius 3 is 2.55 bits per heavy atom. The van der Waals surface area contributed by atoms with Gasteiger partial charge < -0.3 is 9.47 Å². The second-order valence-corrected chi connectivity index (χ2v) is 5.78. The molecular weight excluding hydrogens is 302 g/mol. The Kier molecular flexibility index (Phi) is 6.38. The summed E-state index contributed by atoms with van der Waals surface area (Å²) in [4.78, 5) is 15.3. The Morgan fingerprint density at radius 1 is 1.23 bits per heavy atom. The molecule has 3 atom stereocenters. The van der Waals surface area contributed by atoms with Crippen LogP contribution < -0.4 is 0 Å². The van der Waals surface area contributed by atoms with Crippen molar-refractivity contribution in [2.45, 2.75) is 44.4 Å². The van der Waals surface area contributed by atoms with Crippen molar-refractivity contribution < 1.29 is 14.3 Å². The highest BCUT2D eigenvalue weighted by Gasteiger charge is 2.42. The van der Waals surface area contributed by atoms with Gasteiger partial charge in [-0.05, 0) is 32.4 Å². The van der Waals surface area contributed by atoms with Gasteiger partial charge in [0.15, 0.2) is 5.78 Å². The first-order valence-corrected chi connectivity index (χ1v) is 7.87. The minimum Gasteiger partial charge on any atom is -0.349 e. The summed E-state index contributed by atoms with van der Waals surface area (Å²) >= 11 is 0. The van der Waals surface area contributed by atoms with Crippen LogP contribution >= 0.6 is 12.4 Å². The molecule has 3 rings (SSSR count). The molecule has 1 aromatic carbocycles. The van der Waals surface area contributed by atoms with Crippen LogP contribution in [0.4, 0.5) is 0 Å². The number of ketones is 1. The highest BCUT2D eigenvalue weighted by atomic mass is 35.5. The fraction of sp³-hybridized carbons (Fsp3) is 0.588. The van der Waals surface area contributed by atoms with Crippen molar-refractivity contribution in [3.63, 3.8) is 0 Å². The van der Waals surface area contributed by atoms with Gasteiger partial charge in [0.2, 0.25) is 0 Å². The van der Waals surface area contributed by atoms with E-state index in [0.717, 1.165) is 37.9 Å². The van der Waals surface area contributed by atoms with Gasteiger partial charge in [0, 0.05) is 5.56 Å². The number of rotatable bonds is 5. The van der Waals surface area contributed by atoms with Crippen LogP contribution in [0.3, 0.4) is 0 Å². The van der Waals surface area contributed by atoms with Gasteiger partial charge in [-0.25, -0.2) is 0 Å². The monoisotopic (exact) mass is 325 g/mol. The molecule has 22 heavy (non-hydrogen) atoms. The minimum atomic E-state index is -0.220. The van der Waals surface area contributed by atoms with Crippen molar-refractivity contribution in [1.82, 2.24) is 4.90 Å². The van der Waals surface area contributed by atoms with Crippen LogP contribution in [0.1, 0.15) is 36.5 Å². The summed E-state index contributed by atoms with van der Waals surface area (Å²) in [5.74, 6) is 0.159. The Bertz CT molecular complexity index is 476. The molecule has 2 aliphatic heterocycles. The first-order chi connectivity index (χ1) is 10.3. The summed E-state index contributed by atoms with van der Waals surface area (Å²) in [6.07, 6.45) is 3.05. The van der Waals surface area contributed by atoms with Crippen molar-refractivity contribution in [2.75, 3.05) is 19.9 Å². The van der Waals surface area contributed by atoms with Crippen LogP contribution in [0.2, 0.25) is 0 Å². The molecule has 4 nitrogen and oxygen atoms in total. The van der Waals surface area contributed by atoms with Crippen LogP contribution in [0.5, 0.6) is 0 Å². The highest BCUT2D eigenvalue weighted by molar-refractivity contribution is 6.00. The molecule has 0 radical (unpaired) electrons. The summed E-state index contributed by atoms with van der Waals surface area (Å²) in [6.45, 7) is 4.33. The normalized spacial score (nSPS) is 26.6. The van der Waals surface area contributed by atoms with E-state index in [-0.39, 0.29) is 36.4 Å². The average Bonchev–Trinajstić information content (AvgIpc) is 3.20. The third-order valence-electron chi connectivity index (χ3n) is 4.48. The Labute approximate surface area is 138 Å². The van der Waals surface area contributed by atoms with Gasteiger partial charge in [-0.3, -0.25) is 9.69 Å². The molecule has 0 aromatic heterocycles. The molecule has 0 amide bonds. The third-order valence-corrected chi connectivity index (χ3v) is 4.48. The van der Waals surface area contributed by atoms with E-state index in [1.165, 1.54) is 0 Å². The van der Waals surface area contributed by atoms with E-state index in [4.69, 9.17) is 9.47 Å². The molecule has 5 heteroatoms. The highest BCUT2D eigenvalue weighted by Crippen LogP contribution is 2.27. The summed E-state index contributed by atoms with van der Waals surface area (Å²) in [6, 6.07) is 9.33. The summed E-state index contributed by atoms with van der Waals surface area (Å²) in [5, 5.41) is 0. The SMILES string of the molecule is CCC1OCOC1C(C(=O)c1ccccc1)N1CCCC1.Cl. The lowest BCUT2D eigenvalue weighted by atomic mass is 9.94. The molecule has 0 saturated carbocycles. The Balaban J connectivity index is 0.00000176. The third kappa shape index (κ3) is 3.51. The standard InChI is InChI=1S/C17H23NO3.ClH/c1-2-14-17(21-12-20-14)15(18-10-6-7-11-18)16(19)13-8-4-3-5-9-13;/h3-5,8-9,14-15,17H,2,6-7,10-12H2,1H3;1H. The number of likely N-dealkylation sites (tertiary alicyclic amines) is 1. The first kappa shape index (κ1) is 17.4. The molecule has 0 bridgehead atoms. The maximum atomic E-state index is 13.0. The van der Waals surface area contributed by atoms with Crippen molar-refractivity contribution in [2.24, 2.45) is 0 Å². The predicted molar refractivity (Wildman–Crippen MR) is 87.5 cm³/mol. The number of carbonyl (C=O) groups excluding carboxylic acids is 1. The summed E-state index contributed by atoms with van der Waals surface area (Å²) in [7, 11) is 0. The summed E-state index contributed by atoms with van der Waals surface area (Å²) in [5.41, 5.74) is 0.764. The fourth-order valence-electron chi connectivity index (χ4n) is 3.37. The van der Waals surface area contributed by atoms with E-state index in [9.17, 15) is 4.79 Å². The lowest BCUT2D eigenvalue weighted by molar-refractivity contribution is 0.0155. The lowest BCUT2D eigenvalue weighted by Gasteiger charge is -2.32. The predicted octanol–water partition coefficient (Wildman–Crippen LogP) is 2.91. The molecule has 0 aliphatic carbocycles. The molecule has 2 heterocycles. The zero-order valence-corrected chi connectivity index (χ0v) is 13.8. The van der Waals surface area contributed by atoms with Gasteiger partial charge in [0.25, 0.3) is 0 Å². The molecule has 2 fully saturated rings. The zero-order valence-electron chi connectivity index (χ0n) is 12.9. The van der Waals surface area contributed by atoms with Gasteiger partial charge in [0.05, 0.1) is 6.10 Å². The van der Waals surface area contributed by atoms with Crippen molar-refractivity contribution in [3.05, 3.63) is 35.9 Å². The van der Waals surface area contributed by atoms with Crippen LogP contribution in [-0.4, -0.2) is 48.8 Å². The Morgan fingerprint density at radius 2 is 1.91 bits per heavy atom. The maximum absolute atomic E-state index is 13.0. The number of carbonyl (C=O) groups is 1. The molecule has 0 N–H and O–H groups in total. The van der Waals surface area contributed by atoms with E-state index in [1.54, 1.807) is 0 Å². The van der Waals surface area contributed by atoms with Crippen LogP contribution in [-0.2, 0) is 9.47 Å². The second-order valence-electron chi connectivity index (χ2n) is 5.78. The number of hydrogen-bond donors (Lipinski definition) is 0. The molecule has 3 unspecified atom stereocenters. The van der Waals surface area contributed by atoms with Crippen LogP contribution in [0, 0.1) is 0 Å². The number of ether oxygens (including phenoxy) is 2. The number of hydrogen-bond acceptors (Lipinski definition) is 4. The number of nitrogens with zero attached hydrogens (tertiary/aromatic N) is 1. The molecule has 2 saturated heterocycles. The second kappa shape index (κ2) is 8.06. The van der Waals surface area contributed by atoms with E-state index >= 15 is 0 Å². The maximum Gasteiger partial charge on any atom is 0.182 e. The van der Waals surface area contributed by atoms with E-state index in [2.05, 4.69) is 11.8 Å². The molecule has 0 spiro atoms. The minimum absolute atomic E-state index is 0. The van der Waals surface area contributed by atoms with E-state index < -0.39 is 0 Å². The number of Topliss-reactive ketones (excluding diaryl/α,β-unsaturated/α-hetero) is 1. The molecule has 122 valence electrons. The quantitative estimate of drug-likeness (QED) is 0.780. The average molecular weight is 326 g/mol. The summed E-state index contributed by atoms with van der Waals surface area (Å²) < 4.78 is 11.4. The van der Waals surface area contributed by atoms with E-state index in [0.29, 0.717) is 6.79 Å². The van der Waals surface area contributed by atoms with Crippen LogP contribution in [0.15, 0.2) is 30.3 Å². The van der Waals surface area contributed by atoms with Crippen molar-refractivity contribution in [3.8, 4) is 0 Å². The van der Waals surface area contributed by atoms with Gasteiger partial charge >= 0.3 is 0 Å². The zero-order chi connectivity index (χ0) is 14.7. The molecule has 1 aromatic rings. The molecular formula is C17H24ClNO3. The number of halogens is 1. The van der Waals surface area contributed by atoms with Crippen molar-refractivity contribution >= 4 is 18.2 Å². The molecule has 2 aliphatic rings.